The van der Waals surface area contributed by atoms with Gasteiger partial charge in [-0.2, -0.15) is 15.5 Å². The van der Waals surface area contributed by atoms with E-state index in [1.165, 1.54) is 11.0 Å². The van der Waals surface area contributed by atoms with Crippen molar-refractivity contribution < 1.29 is 14.6 Å². The van der Waals surface area contributed by atoms with Crippen LogP contribution in [0.1, 0.15) is 16.8 Å². The Hall–Kier alpha value is -5.01. The third-order valence-electron chi connectivity index (χ3n) is 5.47. The van der Waals surface area contributed by atoms with Crippen LogP contribution in [0.25, 0.3) is 16.7 Å². The molecule has 0 aliphatic carbocycles. The molecule has 0 spiro atoms. The fraction of sp³-hybridized carbons (Fsp3) is 0.115. The van der Waals surface area contributed by atoms with E-state index in [9.17, 15) is 5.11 Å². The molecule has 4 aromatic rings. The van der Waals surface area contributed by atoms with Crippen LogP contribution >= 0.6 is 0 Å². The number of hydrogen-bond acceptors (Lipinski definition) is 8. The summed E-state index contributed by atoms with van der Waals surface area (Å²) in [5.41, 5.74) is 3.44. The molecule has 2 N–H and O–H groups in total. The molecule has 2 aromatic carbocycles. The molecule has 5 rings (SSSR count). The van der Waals surface area contributed by atoms with Crippen molar-refractivity contribution in [1.29, 1.82) is 10.7 Å². The molecule has 0 saturated carbocycles. The molecule has 3 heterocycles. The fourth-order valence-electron chi connectivity index (χ4n) is 3.65. The van der Waals surface area contributed by atoms with Gasteiger partial charge in [0, 0.05) is 6.08 Å². The average molecular weight is 480 g/mol. The van der Waals surface area contributed by atoms with Crippen molar-refractivity contribution in [3.63, 3.8) is 0 Å². The average Bonchev–Trinajstić information content (AvgIpc) is 3.26. The summed E-state index contributed by atoms with van der Waals surface area (Å²) < 4.78 is 14.2. The zero-order chi connectivity index (χ0) is 25.1. The fourth-order valence-corrected chi connectivity index (χ4v) is 3.65. The number of benzene rings is 2. The monoisotopic (exact) mass is 479 g/mol. The predicted molar refractivity (Wildman–Crippen MR) is 131 cm³/mol. The van der Waals surface area contributed by atoms with E-state index in [0.29, 0.717) is 34.0 Å². The summed E-state index contributed by atoms with van der Waals surface area (Å²) in [5, 5.41) is 36.4. The molecule has 1 unspecified atom stereocenters. The number of fused-ring (bicyclic) bond motifs is 1. The van der Waals surface area contributed by atoms with Crippen LogP contribution in [0.5, 0.6) is 5.75 Å². The van der Waals surface area contributed by atoms with Gasteiger partial charge in [-0.3, -0.25) is 5.41 Å². The van der Waals surface area contributed by atoms with Crippen LogP contribution < -0.4 is 10.2 Å². The molecule has 0 saturated heterocycles. The van der Waals surface area contributed by atoms with Crippen molar-refractivity contribution in [3.05, 3.63) is 101 Å². The lowest BCUT2D eigenvalue weighted by molar-refractivity contribution is 0.0317. The van der Waals surface area contributed by atoms with Crippen LogP contribution in [-0.4, -0.2) is 43.5 Å². The lowest BCUT2D eigenvalue weighted by Gasteiger charge is -2.18. The highest BCUT2D eigenvalue weighted by Gasteiger charge is 2.14. The molecule has 0 bridgehead atoms. The first-order chi connectivity index (χ1) is 17.6. The van der Waals surface area contributed by atoms with Crippen LogP contribution in [0.4, 0.5) is 0 Å². The molecular weight excluding hydrogens is 458 g/mol. The van der Waals surface area contributed by atoms with Crippen LogP contribution in [0.3, 0.4) is 0 Å². The number of rotatable bonds is 6. The first-order valence-electron chi connectivity index (χ1n) is 11.1. The quantitative estimate of drug-likeness (QED) is 0.408. The second-order valence-electron chi connectivity index (χ2n) is 7.92. The summed E-state index contributed by atoms with van der Waals surface area (Å²) in [5.74, 6) is 0.886. The van der Waals surface area contributed by atoms with Gasteiger partial charge in [0.25, 0.3) is 5.95 Å². The summed E-state index contributed by atoms with van der Waals surface area (Å²) in [6, 6.07) is 16.3. The molecule has 0 amide bonds. The SMILES string of the molecule is Cc1nn(-c2ccc(C#N)cc2)c2ncn(/N=C\c3ccc(OC4=CC=CC(CO)O4)cc3)c(=N)c12. The second kappa shape index (κ2) is 9.69. The number of hydrogen-bond donors (Lipinski definition) is 2. The molecule has 1 aliphatic heterocycles. The predicted octanol–water partition coefficient (Wildman–Crippen LogP) is 2.93. The van der Waals surface area contributed by atoms with E-state index < -0.39 is 6.10 Å². The van der Waals surface area contributed by atoms with Crippen molar-refractivity contribution in [1.82, 2.24) is 19.4 Å². The number of aliphatic hydroxyl groups excluding tert-OH is 1. The Labute approximate surface area is 205 Å². The van der Waals surface area contributed by atoms with E-state index in [0.717, 1.165) is 11.3 Å². The standard InChI is InChI=1S/C26H21N7O3/c1-17-24-25(28)32(16-29-26(24)33(31-17)20-9-5-18(13-27)6-10-20)30-14-19-7-11-21(12-8-19)35-23-4-2-3-22(15-34)36-23/h2-12,14,16,22,28,34H,15H2,1H3/b28-25?,30-14-. The van der Waals surface area contributed by atoms with Gasteiger partial charge in [0.1, 0.15) is 18.2 Å². The van der Waals surface area contributed by atoms with Crippen molar-refractivity contribution in [2.45, 2.75) is 13.0 Å². The summed E-state index contributed by atoms with van der Waals surface area (Å²) in [6.07, 6.45) is 7.88. The topological polar surface area (TPSA) is 134 Å². The molecule has 1 aliphatic rings. The number of allylic oxidation sites excluding steroid dienone is 2. The normalized spacial score (nSPS) is 15.0. The van der Waals surface area contributed by atoms with Crippen molar-refractivity contribution in [3.8, 4) is 17.5 Å². The van der Waals surface area contributed by atoms with Crippen molar-refractivity contribution in [2.24, 2.45) is 5.10 Å². The Kier molecular flexibility index (Phi) is 6.13. The second-order valence-corrected chi connectivity index (χ2v) is 7.92. The van der Waals surface area contributed by atoms with E-state index in [4.69, 9.17) is 20.1 Å². The summed E-state index contributed by atoms with van der Waals surface area (Å²) in [7, 11) is 0. The first kappa shape index (κ1) is 22.8. The minimum absolute atomic E-state index is 0.126. The summed E-state index contributed by atoms with van der Waals surface area (Å²) >= 11 is 0. The lowest BCUT2D eigenvalue weighted by Crippen LogP contribution is -2.18. The highest BCUT2D eigenvalue weighted by atomic mass is 16.7. The van der Waals surface area contributed by atoms with Gasteiger partial charge < -0.3 is 14.6 Å². The number of ether oxygens (including phenoxy) is 2. The Balaban J connectivity index is 1.36. The first-order valence-corrected chi connectivity index (χ1v) is 11.1. The van der Waals surface area contributed by atoms with Crippen LogP contribution in [0, 0.1) is 23.7 Å². The lowest BCUT2D eigenvalue weighted by atomic mass is 10.2. The smallest absolute Gasteiger partial charge is 0.285 e. The molecule has 10 heteroatoms. The van der Waals surface area contributed by atoms with Gasteiger partial charge in [-0.1, -0.05) is 6.08 Å². The molecular formula is C26H21N7O3. The number of aromatic nitrogens is 4. The Morgan fingerprint density at radius 3 is 2.72 bits per heavy atom. The molecule has 1 atom stereocenters. The van der Waals surface area contributed by atoms with E-state index >= 15 is 0 Å². The molecule has 10 nitrogen and oxygen atoms in total. The maximum Gasteiger partial charge on any atom is 0.285 e. The third-order valence-corrected chi connectivity index (χ3v) is 5.47. The Bertz CT molecular complexity index is 1610. The molecule has 0 fully saturated rings. The highest BCUT2D eigenvalue weighted by Crippen LogP contribution is 2.19. The molecule has 2 aromatic heterocycles. The largest absolute Gasteiger partial charge is 0.455 e. The van der Waals surface area contributed by atoms with Gasteiger partial charge in [-0.05, 0) is 67.1 Å². The maximum absolute atomic E-state index is 9.22. The third kappa shape index (κ3) is 4.51. The van der Waals surface area contributed by atoms with E-state index in [1.807, 2.05) is 19.1 Å². The summed E-state index contributed by atoms with van der Waals surface area (Å²) in [4.78, 5) is 4.49. The van der Waals surface area contributed by atoms with E-state index in [-0.39, 0.29) is 12.1 Å². The maximum atomic E-state index is 9.22. The van der Waals surface area contributed by atoms with Crippen LogP contribution in [-0.2, 0) is 4.74 Å². The molecule has 0 radical (unpaired) electrons. The zero-order valence-corrected chi connectivity index (χ0v) is 19.2. The molecule has 178 valence electrons. The van der Waals surface area contributed by atoms with Gasteiger partial charge in [0.2, 0.25) is 0 Å². The zero-order valence-electron chi connectivity index (χ0n) is 19.2. The number of nitrogens with one attached hydrogen (secondary N) is 1. The number of nitriles is 1. The van der Waals surface area contributed by atoms with Gasteiger partial charge in [-0.15, -0.1) is 0 Å². The van der Waals surface area contributed by atoms with Gasteiger partial charge in [0.05, 0.1) is 41.2 Å². The number of nitrogens with zero attached hydrogens (tertiary/aromatic N) is 6. The van der Waals surface area contributed by atoms with Crippen LogP contribution in [0.15, 0.2) is 84.1 Å². The van der Waals surface area contributed by atoms with Crippen molar-refractivity contribution >= 4 is 17.2 Å². The minimum atomic E-state index is -0.418. The number of aryl methyl sites for hydroxylation is 1. The number of aliphatic hydroxyl groups is 1. The minimum Gasteiger partial charge on any atom is -0.455 e. The van der Waals surface area contributed by atoms with E-state index in [2.05, 4.69) is 21.3 Å². The van der Waals surface area contributed by atoms with Crippen LogP contribution in [0.2, 0.25) is 0 Å². The summed E-state index contributed by atoms with van der Waals surface area (Å²) in [6.45, 7) is 1.69. The van der Waals surface area contributed by atoms with Gasteiger partial charge >= 0.3 is 0 Å². The Morgan fingerprint density at radius 1 is 1.22 bits per heavy atom. The van der Waals surface area contributed by atoms with Crippen molar-refractivity contribution in [2.75, 3.05) is 6.61 Å². The Morgan fingerprint density at radius 2 is 2.00 bits per heavy atom. The van der Waals surface area contributed by atoms with Gasteiger partial charge in [0.15, 0.2) is 11.1 Å². The molecule has 36 heavy (non-hydrogen) atoms. The highest BCUT2D eigenvalue weighted by molar-refractivity contribution is 5.80. The van der Waals surface area contributed by atoms with E-state index in [1.54, 1.807) is 65.5 Å². The van der Waals surface area contributed by atoms with Gasteiger partial charge in [-0.25, -0.2) is 14.3 Å².